The van der Waals surface area contributed by atoms with Gasteiger partial charge in [0.15, 0.2) is 0 Å². The molecule has 1 aliphatic heterocycles. The molecule has 0 radical (unpaired) electrons. The van der Waals surface area contributed by atoms with Crippen LogP contribution in [0.25, 0.3) is 0 Å². The molecular weight excluding hydrogens is 314 g/mol. The molecule has 0 bridgehead atoms. The summed E-state index contributed by atoms with van der Waals surface area (Å²) in [6.07, 6.45) is 1.83. The summed E-state index contributed by atoms with van der Waals surface area (Å²) in [7, 11) is 4.11. The Morgan fingerprint density at radius 2 is 2.04 bits per heavy atom. The van der Waals surface area contributed by atoms with Crippen molar-refractivity contribution in [3.63, 3.8) is 0 Å². The smallest absolute Gasteiger partial charge is 0.253 e. The van der Waals surface area contributed by atoms with E-state index in [-0.39, 0.29) is 11.4 Å². The Bertz CT molecular complexity index is 543. The van der Waals surface area contributed by atoms with Crippen molar-refractivity contribution in [1.82, 2.24) is 10.2 Å². The highest BCUT2D eigenvalue weighted by Crippen LogP contribution is 2.26. The van der Waals surface area contributed by atoms with Gasteiger partial charge in [0.25, 0.3) is 5.91 Å². The fourth-order valence-electron chi connectivity index (χ4n) is 2.92. The van der Waals surface area contributed by atoms with Gasteiger partial charge in [-0.1, -0.05) is 11.6 Å². The molecule has 1 saturated heterocycles. The quantitative estimate of drug-likeness (QED) is 0.836. The van der Waals surface area contributed by atoms with Crippen LogP contribution in [0.3, 0.4) is 0 Å². The van der Waals surface area contributed by atoms with Crippen molar-refractivity contribution in [2.45, 2.75) is 25.3 Å². The number of amides is 1. The van der Waals surface area contributed by atoms with E-state index in [2.05, 4.69) is 29.6 Å². The van der Waals surface area contributed by atoms with Gasteiger partial charge in [-0.05, 0) is 52.1 Å². The molecule has 0 saturated carbocycles. The number of carbonyl (C=O) groups excluding carboxylic acids is 1. The molecule has 1 amide bonds. The fraction of sp³-hybridized carbons (Fsp3) is 0.588. The number of hydrogen-bond acceptors (Lipinski definition) is 4. The van der Waals surface area contributed by atoms with Crippen LogP contribution in [-0.2, 0) is 4.74 Å². The van der Waals surface area contributed by atoms with E-state index in [0.717, 1.165) is 38.3 Å². The van der Waals surface area contributed by atoms with Gasteiger partial charge < -0.3 is 20.3 Å². The van der Waals surface area contributed by atoms with E-state index in [9.17, 15) is 4.79 Å². The lowest BCUT2D eigenvalue weighted by atomic mass is 9.88. The first-order valence-corrected chi connectivity index (χ1v) is 8.43. The van der Waals surface area contributed by atoms with Gasteiger partial charge in [-0.25, -0.2) is 0 Å². The lowest BCUT2D eigenvalue weighted by molar-refractivity contribution is -0.00657. The standard InChI is InChI=1S/C17H26ClN3O2/c1-4-19-15-6-5-13(18)11-14(15)16(22)20-12-17(21(2)3)7-9-23-10-8-17/h5-6,11,19H,4,7-10,12H2,1-3H3,(H,20,22). The third kappa shape index (κ3) is 4.37. The molecule has 128 valence electrons. The summed E-state index contributed by atoms with van der Waals surface area (Å²) in [6.45, 7) is 4.81. The molecule has 1 aromatic carbocycles. The van der Waals surface area contributed by atoms with Gasteiger partial charge >= 0.3 is 0 Å². The van der Waals surface area contributed by atoms with Crippen molar-refractivity contribution < 1.29 is 9.53 Å². The van der Waals surface area contributed by atoms with Crippen LogP contribution in [0.15, 0.2) is 18.2 Å². The largest absolute Gasteiger partial charge is 0.385 e. The molecule has 0 atom stereocenters. The topological polar surface area (TPSA) is 53.6 Å². The summed E-state index contributed by atoms with van der Waals surface area (Å²) in [5.41, 5.74) is 1.34. The van der Waals surface area contributed by atoms with Gasteiger partial charge in [0, 0.05) is 42.6 Å². The molecule has 5 nitrogen and oxygen atoms in total. The Balaban J connectivity index is 2.10. The average molecular weight is 340 g/mol. The molecule has 2 N–H and O–H groups in total. The number of benzene rings is 1. The predicted molar refractivity (Wildman–Crippen MR) is 94.4 cm³/mol. The minimum Gasteiger partial charge on any atom is -0.385 e. The molecule has 0 aromatic heterocycles. The normalized spacial score (nSPS) is 17.1. The van der Waals surface area contributed by atoms with E-state index in [0.29, 0.717) is 17.1 Å². The van der Waals surface area contributed by atoms with Crippen LogP contribution < -0.4 is 10.6 Å². The zero-order valence-electron chi connectivity index (χ0n) is 14.1. The van der Waals surface area contributed by atoms with Crippen molar-refractivity contribution in [3.05, 3.63) is 28.8 Å². The second-order valence-electron chi connectivity index (χ2n) is 6.13. The van der Waals surface area contributed by atoms with E-state index >= 15 is 0 Å². The summed E-state index contributed by atoms with van der Waals surface area (Å²) in [6, 6.07) is 5.34. The van der Waals surface area contributed by atoms with Gasteiger partial charge in [0.2, 0.25) is 0 Å². The van der Waals surface area contributed by atoms with Gasteiger partial charge in [-0.2, -0.15) is 0 Å². The number of likely N-dealkylation sites (N-methyl/N-ethyl adjacent to an activating group) is 1. The molecule has 1 aromatic rings. The van der Waals surface area contributed by atoms with E-state index in [1.54, 1.807) is 12.1 Å². The molecule has 2 rings (SSSR count). The molecule has 23 heavy (non-hydrogen) atoms. The predicted octanol–water partition coefficient (Wildman–Crippen LogP) is 2.61. The lowest BCUT2D eigenvalue weighted by Crippen LogP contribution is -2.55. The Hall–Kier alpha value is -1.30. The SMILES string of the molecule is CCNc1ccc(Cl)cc1C(=O)NCC1(N(C)C)CCOCC1. The van der Waals surface area contributed by atoms with E-state index in [1.165, 1.54) is 0 Å². The maximum absolute atomic E-state index is 12.6. The second kappa shape index (κ2) is 7.99. The van der Waals surface area contributed by atoms with Crippen LogP contribution in [-0.4, -0.2) is 56.7 Å². The van der Waals surface area contributed by atoms with Gasteiger partial charge in [-0.15, -0.1) is 0 Å². The van der Waals surface area contributed by atoms with Gasteiger partial charge in [-0.3, -0.25) is 4.79 Å². The number of halogens is 1. The number of ether oxygens (including phenoxy) is 1. The highest BCUT2D eigenvalue weighted by atomic mass is 35.5. The first-order valence-electron chi connectivity index (χ1n) is 8.05. The van der Waals surface area contributed by atoms with Crippen molar-refractivity contribution in [2.24, 2.45) is 0 Å². The van der Waals surface area contributed by atoms with Crippen LogP contribution in [0, 0.1) is 0 Å². The molecule has 1 heterocycles. The number of hydrogen-bond donors (Lipinski definition) is 2. The van der Waals surface area contributed by atoms with Crippen LogP contribution in [0.1, 0.15) is 30.1 Å². The Kier molecular flexibility index (Phi) is 6.27. The van der Waals surface area contributed by atoms with Crippen LogP contribution in [0.4, 0.5) is 5.69 Å². The molecule has 0 unspecified atom stereocenters. The van der Waals surface area contributed by atoms with Gasteiger partial charge in [0.05, 0.1) is 5.56 Å². The Labute approximate surface area is 143 Å². The summed E-state index contributed by atoms with van der Waals surface area (Å²) in [4.78, 5) is 14.8. The molecule has 0 aliphatic carbocycles. The monoisotopic (exact) mass is 339 g/mol. The van der Waals surface area contributed by atoms with E-state index in [1.807, 2.05) is 13.0 Å². The second-order valence-corrected chi connectivity index (χ2v) is 6.57. The summed E-state index contributed by atoms with van der Waals surface area (Å²) in [5, 5.41) is 6.85. The lowest BCUT2D eigenvalue weighted by Gasteiger charge is -2.42. The molecule has 1 fully saturated rings. The van der Waals surface area contributed by atoms with Crippen LogP contribution >= 0.6 is 11.6 Å². The third-order valence-corrected chi connectivity index (χ3v) is 4.78. The number of nitrogens with zero attached hydrogens (tertiary/aromatic N) is 1. The number of nitrogens with one attached hydrogen (secondary N) is 2. The first kappa shape index (κ1) is 18.0. The van der Waals surface area contributed by atoms with E-state index in [4.69, 9.17) is 16.3 Å². The summed E-state index contributed by atoms with van der Waals surface area (Å²) in [5.74, 6) is -0.101. The molecule has 0 spiro atoms. The highest BCUT2D eigenvalue weighted by Gasteiger charge is 2.35. The minimum absolute atomic E-state index is 0.0508. The summed E-state index contributed by atoms with van der Waals surface area (Å²) < 4.78 is 5.47. The maximum Gasteiger partial charge on any atom is 0.253 e. The summed E-state index contributed by atoms with van der Waals surface area (Å²) >= 11 is 6.06. The maximum atomic E-state index is 12.6. The minimum atomic E-state index is -0.101. The third-order valence-electron chi connectivity index (χ3n) is 4.54. The Morgan fingerprint density at radius 3 is 2.65 bits per heavy atom. The van der Waals surface area contributed by atoms with Crippen molar-refractivity contribution in [3.8, 4) is 0 Å². The van der Waals surface area contributed by atoms with Crippen molar-refractivity contribution >= 4 is 23.2 Å². The van der Waals surface area contributed by atoms with Crippen LogP contribution in [0.2, 0.25) is 5.02 Å². The average Bonchev–Trinajstić information content (AvgIpc) is 2.55. The van der Waals surface area contributed by atoms with Crippen molar-refractivity contribution in [1.29, 1.82) is 0 Å². The zero-order chi connectivity index (χ0) is 16.9. The first-order chi connectivity index (χ1) is 11.0. The number of rotatable bonds is 6. The molecule has 1 aliphatic rings. The highest BCUT2D eigenvalue weighted by molar-refractivity contribution is 6.31. The Morgan fingerprint density at radius 1 is 1.35 bits per heavy atom. The van der Waals surface area contributed by atoms with Gasteiger partial charge in [0.1, 0.15) is 0 Å². The zero-order valence-corrected chi connectivity index (χ0v) is 14.9. The number of carbonyl (C=O) groups is 1. The number of anilines is 1. The van der Waals surface area contributed by atoms with Crippen LogP contribution in [0.5, 0.6) is 0 Å². The van der Waals surface area contributed by atoms with E-state index < -0.39 is 0 Å². The molecular formula is C17H26ClN3O2. The molecule has 6 heteroatoms. The fourth-order valence-corrected chi connectivity index (χ4v) is 3.09. The van der Waals surface area contributed by atoms with Crippen molar-refractivity contribution in [2.75, 3.05) is 45.7 Å².